The zero-order valence-corrected chi connectivity index (χ0v) is 22.1. The van der Waals surface area contributed by atoms with Gasteiger partial charge in [0, 0.05) is 17.7 Å². The molecule has 0 aliphatic rings. The Bertz CT molecular complexity index is 1210. The quantitative estimate of drug-likeness (QED) is 0.123. The van der Waals surface area contributed by atoms with Crippen molar-refractivity contribution in [2.24, 2.45) is 5.10 Å². The minimum absolute atomic E-state index is 0.0251. The SMILES string of the molecule is CCCOc1ccc(C(=O)N/N=C/c2cc(I)c(OCc3ccc([N+](=O)[O-])cc3)c(OCC)c2)cc1. The lowest BCUT2D eigenvalue weighted by molar-refractivity contribution is -0.384. The average Bonchev–Trinajstić information content (AvgIpc) is 2.87. The number of nitrogens with one attached hydrogen (secondary N) is 1. The highest BCUT2D eigenvalue weighted by Gasteiger charge is 2.13. The number of ether oxygens (including phenoxy) is 3. The number of amides is 1. The topological polar surface area (TPSA) is 112 Å². The van der Waals surface area contributed by atoms with Gasteiger partial charge in [-0.2, -0.15) is 5.10 Å². The monoisotopic (exact) mass is 603 g/mol. The number of hydrogen-bond acceptors (Lipinski definition) is 7. The Morgan fingerprint density at radius 1 is 1.06 bits per heavy atom. The van der Waals surface area contributed by atoms with Crippen LogP contribution in [0, 0.1) is 13.7 Å². The van der Waals surface area contributed by atoms with Crippen LogP contribution in [0.4, 0.5) is 5.69 Å². The van der Waals surface area contributed by atoms with Crippen LogP contribution in [0.25, 0.3) is 0 Å². The number of non-ortho nitro benzene ring substituents is 1. The first-order chi connectivity index (χ1) is 17.4. The average molecular weight is 603 g/mol. The molecule has 0 aliphatic carbocycles. The van der Waals surface area contributed by atoms with Crippen LogP contribution in [0.5, 0.6) is 17.2 Å². The van der Waals surface area contributed by atoms with Gasteiger partial charge in [-0.05, 0) is 95.6 Å². The normalized spacial score (nSPS) is 10.8. The molecule has 1 N–H and O–H groups in total. The predicted molar refractivity (Wildman–Crippen MR) is 145 cm³/mol. The maximum absolute atomic E-state index is 12.4. The second-order valence-electron chi connectivity index (χ2n) is 7.55. The number of halogens is 1. The molecule has 0 fully saturated rings. The summed E-state index contributed by atoms with van der Waals surface area (Å²) in [5.74, 6) is 1.46. The van der Waals surface area contributed by atoms with E-state index < -0.39 is 4.92 Å². The van der Waals surface area contributed by atoms with E-state index in [2.05, 4.69) is 33.1 Å². The van der Waals surface area contributed by atoms with Gasteiger partial charge < -0.3 is 14.2 Å². The largest absolute Gasteiger partial charge is 0.494 e. The summed E-state index contributed by atoms with van der Waals surface area (Å²) in [7, 11) is 0. The van der Waals surface area contributed by atoms with Gasteiger partial charge in [0.05, 0.1) is 27.9 Å². The second-order valence-corrected chi connectivity index (χ2v) is 8.71. The number of carbonyl (C=O) groups excluding carboxylic acids is 1. The summed E-state index contributed by atoms with van der Waals surface area (Å²) in [5, 5.41) is 14.9. The molecule has 0 saturated carbocycles. The van der Waals surface area contributed by atoms with Crippen LogP contribution < -0.4 is 19.6 Å². The van der Waals surface area contributed by atoms with Crippen LogP contribution in [0.15, 0.2) is 65.8 Å². The molecule has 0 unspecified atom stereocenters. The van der Waals surface area contributed by atoms with E-state index in [-0.39, 0.29) is 18.2 Å². The zero-order chi connectivity index (χ0) is 25.9. The fourth-order valence-corrected chi connectivity index (χ4v) is 3.87. The van der Waals surface area contributed by atoms with Gasteiger partial charge in [0.25, 0.3) is 11.6 Å². The number of hydrogen-bond donors (Lipinski definition) is 1. The molecule has 0 saturated heterocycles. The molecule has 0 aliphatic heterocycles. The van der Waals surface area contributed by atoms with Gasteiger partial charge in [0.2, 0.25) is 0 Å². The molecule has 10 heteroatoms. The highest BCUT2D eigenvalue weighted by Crippen LogP contribution is 2.34. The standard InChI is InChI=1S/C26H26IN3O6/c1-3-13-35-22-11-7-20(8-12-22)26(31)29-28-16-19-14-23(27)25(24(15-19)34-4-2)36-17-18-5-9-21(10-6-18)30(32)33/h5-12,14-16H,3-4,13,17H2,1-2H3,(H,29,31)/b28-16+. The van der Waals surface area contributed by atoms with Crippen molar-refractivity contribution in [1.82, 2.24) is 5.43 Å². The second kappa shape index (κ2) is 13.4. The maximum atomic E-state index is 12.4. The van der Waals surface area contributed by atoms with Crippen LogP contribution in [-0.4, -0.2) is 30.3 Å². The Hall–Kier alpha value is -3.67. The number of nitro groups is 1. The molecule has 0 bridgehead atoms. The summed E-state index contributed by atoms with van der Waals surface area (Å²) >= 11 is 2.14. The van der Waals surface area contributed by atoms with Gasteiger partial charge in [0.15, 0.2) is 11.5 Å². The molecule has 0 heterocycles. The van der Waals surface area contributed by atoms with Crippen molar-refractivity contribution in [2.45, 2.75) is 26.9 Å². The van der Waals surface area contributed by atoms with Gasteiger partial charge in [-0.1, -0.05) is 6.92 Å². The number of carbonyl (C=O) groups is 1. The summed E-state index contributed by atoms with van der Waals surface area (Å²) in [4.78, 5) is 22.8. The molecule has 0 radical (unpaired) electrons. The number of nitro benzene ring substituents is 1. The Kier molecular flexibility index (Phi) is 10.0. The van der Waals surface area contributed by atoms with E-state index in [9.17, 15) is 14.9 Å². The van der Waals surface area contributed by atoms with Crippen LogP contribution in [0.1, 0.15) is 41.8 Å². The minimum atomic E-state index is -0.442. The molecule has 0 spiro atoms. The first-order valence-electron chi connectivity index (χ1n) is 11.3. The molecule has 1 amide bonds. The molecule has 3 aromatic rings. The van der Waals surface area contributed by atoms with Crippen LogP contribution >= 0.6 is 22.6 Å². The van der Waals surface area contributed by atoms with E-state index in [1.54, 1.807) is 42.5 Å². The molecule has 188 valence electrons. The number of hydrazone groups is 1. The Labute approximate surface area is 222 Å². The lowest BCUT2D eigenvalue weighted by Crippen LogP contribution is -2.17. The van der Waals surface area contributed by atoms with Crippen LogP contribution in [-0.2, 0) is 6.61 Å². The van der Waals surface area contributed by atoms with Gasteiger partial charge in [-0.3, -0.25) is 14.9 Å². The third-order valence-corrected chi connectivity index (χ3v) is 5.63. The Morgan fingerprint density at radius 3 is 2.42 bits per heavy atom. The molecule has 3 aromatic carbocycles. The molecule has 36 heavy (non-hydrogen) atoms. The van der Waals surface area contributed by atoms with E-state index >= 15 is 0 Å². The van der Waals surface area contributed by atoms with E-state index in [4.69, 9.17) is 14.2 Å². The van der Waals surface area contributed by atoms with Gasteiger partial charge in [0.1, 0.15) is 12.4 Å². The molecular formula is C26H26IN3O6. The third-order valence-electron chi connectivity index (χ3n) is 4.83. The maximum Gasteiger partial charge on any atom is 0.271 e. The van der Waals surface area contributed by atoms with Crippen LogP contribution in [0.2, 0.25) is 0 Å². The fourth-order valence-electron chi connectivity index (χ4n) is 3.09. The van der Waals surface area contributed by atoms with Crippen molar-refractivity contribution in [3.63, 3.8) is 0 Å². The summed E-state index contributed by atoms with van der Waals surface area (Å²) in [6.07, 6.45) is 2.44. The number of benzene rings is 3. The van der Waals surface area contributed by atoms with Gasteiger partial charge >= 0.3 is 0 Å². The minimum Gasteiger partial charge on any atom is -0.494 e. The van der Waals surface area contributed by atoms with Crippen molar-refractivity contribution in [1.29, 1.82) is 0 Å². The fraction of sp³-hybridized carbons (Fsp3) is 0.231. The highest BCUT2D eigenvalue weighted by atomic mass is 127. The summed E-state index contributed by atoms with van der Waals surface area (Å²) < 4.78 is 18.0. The lowest BCUT2D eigenvalue weighted by atomic mass is 10.2. The van der Waals surface area contributed by atoms with E-state index in [0.717, 1.165) is 15.6 Å². The summed E-state index contributed by atoms with van der Waals surface area (Å²) in [6.45, 7) is 5.17. The summed E-state index contributed by atoms with van der Waals surface area (Å²) in [5.41, 5.74) is 4.52. The molecule has 3 rings (SSSR count). The predicted octanol–water partition coefficient (Wildman–Crippen LogP) is 5.73. The molecule has 0 atom stereocenters. The Balaban J connectivity index is 1.65. The van der Waals surface area contributed by atoms with Crippen molar-refractivity contribution in [2.75, 3.05) is 13.2 Å². The van der Waals surface area contributed by atoms with Crippen molar-refractivity contribution in [3.05, 3.63) is 91.0 Å². The highest BCUT2D eigenvalue weighted by molar-refractivity contribution is 14.1. The first kappa shape index (κ1) is 26.9. The number of rotatable bonds is 12. The molecule has 0 aromatic heterocycles. The summed E-state index contributed by atoms with van der Waals surface area (Å²) in [6, 6.07) is 16.7. The van der Waals surface area contributed by atoms with E-state index in [1.165, 1.54) is 18.3 Å². The van der Waals surface area contributed by atoms with Crippen molar-refractivity contribution in [3.8, 4) is 17.2 Å². The Morgan fingerprint density at radius 2 is 1.78 bits per heavy atom. The van der Waals surface area contributed by atoms with Crippen molar-refractivity contribution >= 4 is 40.4 Å². The third kappa shape index (κ3) is 7.67. The van der Waals surface area contributed by atoms with E-state index in [1.807, 2.05) is 19.9 Å². The van der Waals surface area contributed by atoms with Crippen LogP contribution in [0.3, 0.4) is 0 Å². The first-order valence-corrected chi connectivity index (χ1v) is 12.4. The van der Waals surface area contributed by atoms with Gasteiger partial charge in [-0.25, -0.2) is 5.43 Å². The molecular weight excluding hydrogens is 577 g/mol. The smallest absolute Gasteiger partial charge is 0.271 e. The lowest BCUT2D eigenvalue weighted by Gasteiger charge is -2.14. The zero-order valence-electron chi connectivity index (χ0n) is 19.9. The molecule has 9 nitrogen and oxygen atoms in total. The van der Waals surface area contributed by atoms with Crippen molar-refractivity contribution < 1.29 is 23.9 Å². The van der Waals surface area contributed by atoms with Gasteiger partial charge in [-0.15, -0.1) is 0 Å². The number of nitrogens with zero attached hydrogens (tertiary/aromatic N) is 2. The van der Waals surface area contributed by atoms with E-state index in [0.29, 0.717) is 41.6 Å².